The number of allylic oxidation sites excluding steroid dienone is 1. The zero-order valence-electron chi connectivity index (χ0n) is 12.3. The van der Waals surface area contributed by atoms with Crippen molar-refractivity contribution in [3.8, 4) is 0 Å². The second kappa shape index (κ2) is 6.10. The highest BCUT2D eigenvalue weighted by Crippen LogP contribution is 2.32. The fraction of sp³-hybridized carbons (Fsp3) is 0.250. The largest absolute Gasteiger partial charge is 0.465 e. The number of amides is 1. The molecule has 0 saturated heterocycles. The molecule has 2 heterocycles. The van der Waals surface area contributed by atoms with E-state index in [2.05, 4.69) is 6.58 Å². The Labute approximate surface area is 128 Å². The number of hydrogen-bond donors (Lipinski definition) is 0. The predicted molar refractivity (Wildman–Crippen MR) is 83.7 cm³/mol. The Bertz CT molecular complexity index is 667. The minimum atomic E-state index is -0.493. The summed E-state index contributed by atoms with van der Waals surface area (Å²) in [6.45, 7) is 7.73. The van der Waals surface area contributed by atoms with E-state index in [9.17, 15) is 9.59 Å². The average molecular weight is 303 g/mol. The van der Waals surface area contributed by atoms with Crippen LogP contribution in [0.25, 0.3) is 6.08 Å². The summed E-state index contributed by atoms with van der Waals surface area (Å²) in [4.78, 5) is 27.1. The fourth-order valence-electron chi connectivity index (χ4n) is 2.24. The number of carbonyl (C=O) groups excluding carboxylic acids is 2. The van der Waals surface area contributed by atoms with Gasteiger partial charge < -0.3 is 9.64 Å². The number of nitrogens with zero attached hydrogens (tertiary/aromatic N) is 1. The van der Waals surface area contributed by atoms with E-state index >= 15 is 0 Å². The quantitative estimate of drug-likeness (QED) is 0.488. The van der Waals surface area contributed by atoms with E-state index in [-0.39, 0.29) is 5.91 Å². The molecule has 0 N–H and O–H groups in total. The van der Waals surface area contributed by atoms with Gasteiger partial charge in [0.05, 0.1) is 18.3 Å². The third kappa shape index (κ3) is 2.69. The van der Waals surface area contributed by atoms with E-state index in [1.807, 2.05) is 18.4 Å². The predicted octanol–water partition coefficient (Wildman–Crippen LogP) is 2.92. The SMILES string of the molecule is C=CCN1C(=O)/C(=C\c2sccc2C)C(C(=O)OC)=C1C. The van der Waals surface area contributed by atoms with Gasteiger partial charge in [-0.15, -0.1) is 17.9 Å². The van der Waals surface area contributed by atoms with Crippen LogP contribution >= 0.6 is 11.3 Å². The summed E-state index contributed by atoms with van der Waals surface area (Å²) in [5.41, 5.74) is 2.39. The molecule has 1 amide bonds. The van der Waals surface area contributed by atoms with Crippen LogP contribution in [0.2, 0.25) is 0 Å². The molecule has 0 fully saturated rings. The first-order valence-electron chi connectivity index (χ1n) is 6.49. The maximum absolute atomic E-state index is 12.5. The molecule has 110 valence electrons. The van der Waals surface area contributed by atoms with Crippen LogP contribution in [-0.2, 0) is 14.3 Å². The molecule has 0 radical (unpaired) electrons. The number of aryl methyl sites for hydroxylation is 1. The first-order chi connectivity index (χ1) is 10.0. The van der Waals surface area contributed by atoms with Gasteiger partial charge in [0, 0.05) is 17.1 Å². The molecular weight excluding hydrogens is 286 g/mol. The standard InChI is InChI=1S/C16H17NO3S/c1-5-7-17-11(3)14(16(19)20-4)12(15(17)18)9-13-10(2)6-8-21-13/h5-6,8-9H,1,7H2,2-4H3/b12-9-. The summed E-state index contributed by atoms with van der Waals surface area (Å²) in [7, 11) is 1.32. The Morgan fingerprint density at radius 2 is 2.19 bits per heavy atom. The second-order valence-electron chi connectivity index (χ2n) is 4.68. The lowest BCUT2D eigenvalue weighted by atomic mass is 10.1. The normalized spacial score (nSPS) is 16.8. The van der Waals surface area contributed by atoms with Gasteiger partial charge in [0.15, 0.2) is 0 Å². The number of ether oxygens (including phenoxy) is 1. The molecular formula is C16H17NO3S. The monoisotopic (exact) mass is 303 g/mol. The minimum absolute atomic E-state index is 0.194. The Balaban J connectivity index is 2.55. The molecule has 0 unspecified atom stereocenters. The third-order valence-corrected chi connectivity index (χ3v) is 4.36. The van der Waals surface area contributed by atoms with E-state index in [0.29, 0.717) is 23.4 Å². The zero-order valence-corrected chi connectivity index (χ0v) is 13.1. The van der Waals surface area contributed by atoms with E-state index in [0.717, 1.165) is 10.4 Å². The smallest absolute Gasteiger partial charge is 0.340 e. The number of rotatable bonds is 4. The molecule has 0 aliphatic carbocycles. The van der Waals surface area contributed by atoms with Crippen LogP contribution in [0.3, 0.4) is 0 Å². The highest BCUT2D eigenvalue weighted by molar-refractivity contribution is 7.11. The molecule has 0 aromatic carbocycles. The van der Waals surface area contributed by atoms with Gasteiger partial charge in [0.25, 0.3) is 5.91 Å². The van der Waals surface area contributed by atoms with Crippen molar-refractivity contribution in [1.82, 2.24) is 4.90 Å². The van der Waals surface area contributed by atoms with Crippen LogP contribution in [0.5, 0.6) is 0 Å². The van der Waals surface area contributed by atoms with Crippen molar-refractivity contribution in [3.63, 3.8) is 0 Å². The molecule has 5 heteroatoms. The zero-order chi connectivity index (χ0) is 15.6. The van der Waals surface area contributed by atoms with Crippen molar-refractivity contribution < 1.29 is 14.3 Å². The number of carbonyl (C=O) groups is 2. The summed E-state index contributed by atoms with van der Waals surface area (Å²) in [6, 6.07) is 1.98. The van der Waals surface area contributed by atoms with Crippen molar-refractivity contribution in [2.75, 3.05) is 13.7 Å². The van der Waals surface area contributed by atoms with Crippen LogP contribution in [0, 0.1) is 6.92 Å². The summed E-state index contributed by atoms with van der Waals surface area (Å²) >= 11 is 1.53. The Morgan fingerprint density at radius 1 is 1.48 bits per heavy atom. The second-order valence-corrected chi connectivity index (χ2v) is 5.63. The van der Waals surface area contributed by atoms with E-state index < -0.39 is 5.97 Å². The first-order valence-corrected chi connectivity index (χ1v) is 7.37. The summed E-state index contributed by atoms with van der Waals surface area (Å²) in [5.74, 6) is -0.687. The molecule has 0 atom stereocenters. The van der Waals surface area contributed by atoms with Gasteiger partial charge in [-0.05, 0) is 36.9 Å². The molecule has 1 aromatic heterocycles. The molecule has 21 heavy (non-hydrogen) atoms. The molecule has 0 bridgehead atoms. The van der Waals surface area contributed by atoms with Crippen molar-refractivity contribution in [2.45, 2.75) is 13.8 Å². The summed E-state index contributed by atoms with van der Waals surface area (Å²) in [6.07, 6.45) is 3.40. The van der Waals surface area contributed by atoms with Gasteiger partial charge in [-0.2, -0.15) is 0 Å². The molecule has 0 spiro atoms. The highest BCUT2D eigenvalue weighted by atomic mass is 32.1. The van der Waals surface area contributed by atoms with Crippen molar-refractivity contribution in [1.29, 1.82) is 0 Å². The first kappa shape index (κ1) is 15.3. The van der Waals surface area contributed by atoms with Crippen LogP contribution in [0.15, 0.2) is 40.9 Å². The number of methoxy groups -OCH3 is 1. The minimum Gasteiger partial charge on any atom is -0.465 e. The Hall–Kier alpha value is -2.14. The van der Waals surface area contributed by atoms with E-state index in [1.165, 1.54) is 23.3 Å². The topological polar surface area (TPSA) is 46.6 Å². The fourth-order valence-corrected chi connectivity index (χ4v) is 3.10. The van der Waals surface area contributed by atoms with Gasteiger partial charge >= 0.3 is 5.97 Å². The molecule has 1 aliphatic rings. The molecule has 4 nitrogen and oxygen atoms in total. The maximum atomic E-state index is 12.5. The van der Waals surface area contributed by atoms with E-state index in [4.69, 9.17) is 4.74 Å². The number of esters is 1. The summed E-state index contributed by atoms with van der Waals surface area (Å²) < 4.78 is 4.82. The lowest BCUT2D eigenvalue weighted by Gasteiger charge is -2.14. The summed E-state index contributed by atoms with van der Waals surface area (Å²) in [5, 5.41) is 1.96. The van der Waals surface area contributed by atoms with Crippen molar-refractivity contribution >= 4 is 29.3 Å². The maximum Gasteiger partial charge on any atom is 0.340 e. The molecule has 1 aromatic rings. The third-order valence-electron chi connectivity index (χ3n) is 3.39. The number of hydrogen-bond acceptors (Lipinski definition) is 4. The van der Waals surface area contributed by atoms with Gasteiger partial charge in [-0.3, -0.25) is 4.79 Å². The molecule has 0 saturated carbocycles. The van der Waals surface area contributed by atoms with Gasteiger partial charge in [-0.1, -0.05) is 6.08 Å². The van der Waals surface area contributed by atoms with Gasteiger partial charge in [0.1, 0.15) is 0 Å². The van der Waals surface area contributed by atoms with Gasteiger partial charge in [-0.25, -0.2) is 4.79 Å². The lowest BCUT2D eigenvalue weighted by molar-refractivity contribution is -0.136. The molecule has 1 aliphatic heterocycles. The Kier molecular flexibility index (Phi) is 4.43. The van der Waals surface area contributed by atoms with Gasteiger partial charge in [0.2, 0.25) is 0 Å². The number of thiophene rings is 1. The van der Waals surface area contributed by atoms with Crippen molar-refractivity contribution in [2.24, 2.45) is 0 Å². The average Bonchev–Trinajstić information content (AvgIpc) is 2.96. The van der Waals surface area contributed by atoms with Crippen LogP contribution < -0.4 is 0 Å². The lowest BCUT2D eigenvalue weighted by Crippen LogP contribution is -2.24. The van der Waals surface area contributed by atoms with Crippen LogP contribution in [0.1, 0.15) is 17.4 Å². The molecule has 2 rings (SSSR count). The Morgan fingerprint density at radius 3 is 2.71 bits per heavy atom. The van der Waals surface area contributed by atoms with Crippen molar-refractivity contribution in [3.05, 3.63) is 51.4 Å². The highest BCUT2D eigenvalue weighted by Gasteiger charge is 2.36. The van der Waals surface area contributed by atoms with E-state index in [1.54, 1.807) is 19.1 Å². The van der Waals surface area contributed by atoms with Crippen LogP contribution in [-0.4, -0.2) is 30.4 Å². The van der Waals surface area contributed by atoms with Crippen LogP contribution in [0.4, 0.5) is 0 Å².